The molecule has 19 heavy (non-hydrogen) atoms. The number of benzene rings is 2. The highest BCUT2D eigenvalue weighted by atomic mass is 32.2. The Morgan fingerprint density at radius 2 is 1.16 bits per heavy atom. The monoisotopic (exact) mass is 286 g/mol. The number of halogens is 2. The van der Waals surface area contributed by atoms with Gasteiger partial charge in [0.1, 0.15) is 0 Å². The lowest BCUT2D eigenvalue weighted by atomic mass is 10.3. The Bertz CT molecular complexity index is 684. The van der Waals surface area contributed by atoms with E-state index in [0.29, 0.717) is 12.1 Å². The van der Waals surface area contributed by atoms with Crippen LogP contribution >= 0.6 is 0 Å². The van der Waals surface area contributed by atoms with Gasteiger partial charge >= 0.3 is 0 Å². The van der Waals surface area contributed by atoms with Crippen LogP contribution in [0.1, 0.15) is 0 Å². The summed E-state index contributed by atoms with van der Waals surface area (Å²) in [7, 11) is -4.12. The second-order valence-corrected chi connectivity index (χ2v) is 5.68. The van der Waals surface area contributed by atoms with Crippen molar-refractivity contribution in [2.24, 2.45) is 0 Å². The van der Waals surface area contributed by atoms with Gasteiger partial charge < -0.3 is 10.2 Å². The van der Waals surface area contributed by atoms with Crippen LogP contribution in [-0.4, -0.2) is 18.6 Å². The first-order valence-corrected chi connectivity index (χ1v) is 6.53. The van der Waals surface area contributed by atoms with Crippen LogP contribution in [0.4, 0.5) is 8.78 Å². The van der Waals surface area contributed by atoms with E-state index < -0.39 is 42.8 Å². The van der Waals surface area contributed by atoms with Crippen molar-refractivity contribution >= 4 is 9.84 Å². The zero-order chi connectivity index (χ0) is 14.2. The first-order valence-electron chi connectivity index (χ1n) is 5.04. The Kier molecular flexibility index (Phi) is 3.15. The van der Waals surface area contributed by atoms with Crippen molar-refractivity contribution in [2.75, 3.05) is 0 Å². The van der Waals surface area contributed by atoms with Gasteiger partial charge in [0.25, 0.3) is 0 Å². The molecule has 0 aromatic heterocycles. The minimum atomic E-state index is -4.12. The van der Waals surface area contributed by atoms with Crippen LogP contribution in [0.5, 0.6) is 11.5 Å². The lowest BCUT2D eigenvalue weighted by Crippen LogP contribution is -2.03. The average Bonchev–Trinajstić information content (AvgIpc) is 2.35. The van der Waals surface area contributed by atoms with E-state index in [-0.39, 0.29) is 0 Å². The van der Waals surface area contributed by atoms with E-state index >= 15 is 0 Å². The van der Waals surface area contributed by atoms with Crippen molar-refractivity contribution in [3.8, 4) is 11.5 Å². The maximum atomic E-state index is 13.1. The van der Waals surface area contributed by atoms with Crippen LogP contribution < -0.4 is 0 Å². The molecule has 100 valence electrons. The Labute approximate surface area is 107 Å². The van der Waals surface area contributed by atoms with E-state index in [9.17, 15) is 17.2 Å². The molecule has 0 aliphatic heterocycles. The van der Waals surface area contributed by atoms with Crippen LogP contribution in [0.25, 0.3) is 0 Å². The molecule has 0 radical (unpaired) electrons. The number of hydrogen-bond donors (Lipinski definition) is 2. The van der Waals surface area contributed by atoms with E-state index in [2.05, 4.69) is 0 Å². The van der Waals surface area contributed by atoms with Crippen molar-refractivity contribution in [1.29, 1.82) is 0 Å². The van der Waals surface area contributed by atoms with Crippen LogP contribution in [-0.2, 0) is 9.84 Å². The zero-order valence-corrected chi connectivity index (χ0v) is 10.2. The molecule has 0 spiro atoms. The molecule has 0 fully saturated rings. The average molecular weight is 286 g/mol. The standard InChI is InChI=1S/C12H8F2O4S/c13-9-5-7(1-3-11(9)15)19(17,18)8-2-4-12(16)10(14)6-8/h1-6,15-16H. The van der Waals surface area contributed by atoms with E-state index in [0.717, 1.165) is 24.3 Å². The lowest BCUT2D eigenvalue weighted by Gasteiger charge is -2.06. The zero-order valence-electron chi connectivity index (χ0n) is 9.34. The fraction of sp³-hybridized carbons (Fsp3) is 0. The van der Waals surface area contributed by atoms with Gasteiger partial charge in [0.15, 0.2) is 23.1 Å². The molecule has 2 aromatic rings. The molecule has 0 heterocycles. The molecule has 0 aliphatic rings. The van der Waals surface area contributed by atoms with E-state index in [1.54, 1.807) is 0 Å². The predicted molar refractivity (Wildman–Crippen MR) is 61.6 cm³/mol. The SMILES string of the molecule is O=S(=O)(c1ccc(O)c(F)c1)c1ccc(O)c(F)c1. The van der Waals surface area contributed by atoms with Gasteiger partial charge in [0.2, 0.25) is 9.84 Å². The van der Waals surface area contributed by atoms with E-state index in [1.165, 1.54) is 0 Å². The fourth-order valence-electron chi connectivity index (χ4n) is 1.45. The first kappa shape index (κ1) is 13.3. The smallest absolute Gasteiger partial charge is 0.206 e. The minimum absolute atomic E-state index is 0.423. The van der Waals surface area contributed by atoms with Crippen LogP contribution in [0.2, 0.25) is 0 Å². The third-order valence-corrected chi connectivity index (χ3v) is 4.21. The van der Waals surface area contributed by atoms with Gasteiger partial charge in [0.05, 0.1) is 9.79 Å². The van der Waals surface area contributed by atoms with Gasteiger partial charge in [-0.1, -0.05) is 0 Å². The van der Waals surface area contributed by atoms with Crippen LogP contribution in [0.3, 0.4) is 0 Å². The summed E-state index contributed by atoms with van der Waals surface area (Å²) in [5.74, 6) is -3.56. The van der Waals surface area contributed by atoms with Crippen molar-refractivity contribution in [3.63, 3.8) is 0 Å². The summed E-state index contributed by atoms with van der Waals surface area (Å²) in [4.78, 5) is -0.847. The predicted octanol–water partition coefficient (Wildman–Crippen LogP) is 2.21. The fourth-order valence-corrected chi connectivity index (χ4v) is 2.73. The molecule has 7 heteroatoms. The summed E-state index contributed by atoms with van der Waals surface area (Å²) >= 11 is 0. The largest absolute Gasteiger partial charge is 0.505 e. The molecule has 0 amide bonds. The van der Waals surface area contributed by atoms with Crippen molar-refractivity contribution < 1.29 is 27.4 Å². The molecule has 2 N–H and O–H groups in total. The van der Waals surface area contributed by atoms with Gasteiger partial charge in [-0.05, 0) is 36.4 Å². The number of rotatable bonds is 2. The Hall–Kier alpha value is -2.15. The molecule has 0 atom stereocenters. The molecule has 4 nitrogen and oxygen atoms in total. The normalized spacial score (nSPS) is 11.5. The molecular formula is C12H8F2O4S. The quantitative estimate of drug-likeness (QED) is 0.887. The maximum Gasteiger partial charge on any atom is 0.206 e. The number of phenols is 2. The number of hydrogen-bond acceptors (Lipinski definition) is 4. The maximum absolute atomic E-state index is 13.1. The Balaban J connectivity index is 2.58. The molecule has 0 unspecified atom stereocenters. The molecule has 2 rings (SSSR count). The van der Waals surface area contributed by atoms with Crippen molar-refractivity contribution in [2.45, 2.75) is 9.79 Å². The second-order valence-electron chi connectivity index (χ2n) is 3.73. The molecule has 0 aliphatic carbocycles. The van der Waals surface area contributed by atoms with Gasteiger partial charge in [0, 0.05) is 0 Å². The van der Waals surface area contributed by atoms with Gasteiger partial charge in [-0.15, -0.1) is 0 Å². The Morgan fingerprint density at radius 3 is 1.47 bits per heavy atom. The molecule has 0 saturated heterocycles. The molecular weight excluding hydrogens is 278 g/mol. The number of phenolic OH excluding ortho intramolecular Hbond substituents is 2. The highest BCUT2D eigenvalue weighted by Gasteiger charge is 2.20. The summed E-state index contributed by atoms with van der Waals surface area (Å²) in [6.45, 7) is 0. The molecule has 2 aromatic carbocycles. The summed E-state index contributed by atoms with van der Waals surface area (Å²) in [6.07, 6.45) is 0. The first-order chi connectivity index (χ1) is 8.82. The minimum Gasteiger partial charge on any atom is -0.505 e. The molecule has 0 bridgehead atoms. The highest BCUT2D eigenvalue weighted by molar-refractivity contribution is 7.91. The van der Waals surface area contributed by atoms with Gasteiger partial charge in [-0.2, -0.15) is 0 Å². The van der Waals surface area contributed by atoms with E-state index in [4.69, 9.17) is 10.2 Å². The summed E-state index contributed by atoms with van der Waals surface area (Å²) < 4.78 is 50.4. The van der Waals surface area contributed by atoms with E-state index in [1.807, 2.05) is 0 Å². The number of aromatic hydroxyl groups is 2. The summed E-state index contributed by atoms with van der Waals surface area (Å²) in [6, 6.07) is 5.04. The topological polar surface area (TPSA) is 74.6 Å². The number of sulfone groups is 1. The summed E-state index contributed by atoms with van der Waals surface area (Å²) in [5.41, 5.74) is 0. The van der Waals surface area contributed by atoms with Crippen LogP contribution in [0, 0.1) is 11.6 Å². The molecule has 0 saturated carbocycles. The summed E-state index contributed by atoms with van der Waals surface area (Å²) in [5, 5.41) is 18.0. The second kappa shape index (κ2) is 4.51. The van der Waals surface area contributed by atoms with Gasteiger partial charge in [-0.3, -0.25) is 0 Å². The lowest BCUT2D eigenvalue weighted by molar-refractivity contribution is 0.430. The Morgan fingerprint density at radius 1 is 0.789 bits per heavy atom. The van der Waals surface area contributed by atoms with Crippen LogP contribution in [0.15, 0.2) is 46.2 Å². The van der Waals surface area contributed by atoms with Crippen molar-refractivity contribution in [3.05, 3.63) is 48.0 Å². The van der Waals surface area contributed by atoms with Crippen molar-refractivity contribution in [1.82, 2.24) is 0 Å². The van der Waals surface area contributed by atoms with Gasteiger partial charge in [-0.25, -0.2) is 17.2 Å². The third-order valence-electron chi connectivity index (χ3n) is 2.46. The third kappa shape index (κ3) is 2.37. The highest BCUT2D eigenvalue weighted by Crippen LogP contribution is 2.27.